The first-order chi connectivity index (χ1) is 12.7. The van der Waals surface area contributed by atoms with Gasteiger partial charge in [0.1, 0.15) is 11.6 Å². The van der Waals surface area contributed by atoms with Crippen LogP contribution >= 0.6 is 0 Å². The van der Waals surface area contributed by atoms with Crippen LogP contribution in [0.3, 0.4) is 0 Å². The third kappa shape index (κ3) is 4.33. The Hall–Kier alpha value is -3.47. The SMILES string of the molecule is CCc1cc(NC(=O)c2ccccc2)nc(NC(=O)c2ccccc2)c1. The van der Waals surface area contributed by atoms with E-state index in [0.717, 1.165) is 12.0 Å². The average molecular weight is 345 g/mol. The lowest BCUT2D eigenvalue weighted by molar-refractivity contribution is 0.101. The van der Waals surface area contributed by atoms with Gasteiger partial charge in [-0.1, -0.05) is 43.3 Å². The van der Waals surface area contributed by atoms with Gasteiger partial charge in [0.2, 0.25) is 0 Å². The van der Waals surface area contributed by atoms with E-state index in [-0.39, 0.29) is 11.8 Å². The highest BCUT2D eigenvalue weighted by molar-refractivity contribution is 6.05. The third-order valence-corrected chi connectivity index (χ3v) is 3.85. The standard InChI is InChI=1S/C21H19N3O2/c1-2-15-13-18(23-20(25)16-9-5-3-6-10-16)22-19(14-15)24-21(26)17-11-7-4-8-12-17/h3-14H,2H2,1H3,(H2,22,23,24,25,26). The van der Waals surface area contributed by atoms with Crippen LogP contribution in [0.4, 0.5) is 11.6 Å². The highest BCUT2D eigenvalue weighted by atomic mass is 16.2. The summed E-state index contributed by atoms with van der Waals surface area (Å²) in [5.74, 6) is 0.321. The van der Waals surface area contributed by atoms with Crippen molar-refractivity contribution in [1.82, 2.24) is 4.98 Å². The summed E-state index contributed by atoms with van der Waals surface area (Å²) in [6, 6.07) is 21.5. The molecule has 0 aliphatic carbocycles. The molecule has 0 atom stereocenters. The summed E-state index contributed by atoms with van der Waals surface area (Å²) in [4.78, 5) is 29.0. The van der Waals surface area contributed by atoms with Crippen molar-refractivity contribution in [3.8, 4) is 0 Å². The Balaban J connectivity index is 1.80. The Kier molecular flexibility index (Phi) is 5.39. The smallest absolute Gasteiger partial charge is 0.256 e. The predicted octanol–water partition coefficient (Wildman–Crippen LogP) is 4.15. The molecule has 2 aromatic carbocycles. The fourth-order valence-electron chi connectivity index (χ4n) is 2.48. The molecule has 0 spiro atoms. The van der Waals surface area contributed by atoms with Gasteiger partial charge in [-0.3, -0.25) is 9.59 Å². The average Bonchev–Trinajstić information content (AvgIpc) is 2.69. The highest BCUT2D eigenvalue weighted by Crippen LogP contribution is 2.17. The number of nitrogens with zero attached hydrogens (tertiary/aromatic N) is 1. The lowest BCUT2D eigenvalue weighted by Crippen LogP contribution is -2.16. The van der Waals surface area contributed by atoms with Crippen LogP contribution in [0.15, 0.2) is 72.8 Å². The van der Waals surface area contributed by atoms with Gasteiger partial charge in [-0.15, -0.1) is 0 Å². The molecule has 0 saturated heterocycles. The van der Waals surface area contributed by atoms with Crippen LogP contribution in [0.1, 0.15) is 33.2 Å². The number of carbonyl (C=O) groups excluding carboxylic acids is 2. The number of rotatable bonds is 5. The molecule has 0 saturated carbocycles. The minimum absolute atomic E-state index is 0.244. The number of amides is 2. The number of pyridine rings is 1. The predicted molar refractivity (Wildman–Crippen MR) is 102 cm³/mol. The normalized spacial score (nSPS) is 10.2. The molecule has 3 rings (SSSR count). The van der Waals surface area contributed by atoms with Crippen LogP contribution < -0.4 is 10.6 Å². The molecule has 0 bridgehead atoms. The van der Waals surface area contributed by atoms with Crippen molar-refractivity contribution in [2.75, 3.05) is 10.6 Å². The molecule has 1 heterocycles. The summed E-state index contributed by atoms with van der Waals surface area (Å²) in [6.45, 7) is 2.00. The van der Waals surface area contributed by atoms with Crippen molar-refractivity contribution < 1.29 is 9.59 Å². The van der Waals surface area contributed by atoms with Crippen LogP contribution in [-0.2, 0) is 6.42 Å². The lowest BCUT2D eigenvalue weighted by atomic mass is 10.2. The molecule has 2 N–H and O–H groups in total. The van der Waals surface area contributed by atoms with Crippen LogP contribution in [0.5, 0.6) is 0 Å². The first kappa shape index (κ1) is 17.4. The minimum Gasteiger partial charge on any atom is -0.306 e. The topological polar surface area (TPSA) is 71.1 Å². The molecule has 1 aromatic heterocycles. The Bertz CT molecular complexity index is 837. The quantitative estimate of drug-likeness (QED) is 0.730. The molecule has 5 heteroatoms. The van der Waals surface area contributed by atoms with Crippen LogP contribution in [0.25, 0.3) is 0 Å². The van der Waals surface area contributed by atoms with Crippen molar-refractivity contribution in [3.05, 3.63) is 89.5 Å². The molecule has 0 unspecified atom stereocenters. The van der Waals surface area contributed by atoms with Crippen molar-refractivity contribution >= 4 is 23.5 Å². The first-order valence-electron chi connectivity index (χ1n) is 8.39. The van der Waals surface area contributed by atoms with E-state index in [9.17, 15) is 9.59 Å². The second-order valence-electron chi connectivity index (χ2n) is 5.74. The number of aromatic nitrogens is 1. The highest BCUT2D eigenvalue weighted by Gasteiger charge is 2.11. The van der Waals surface area contributed by atoms with Crippen LogP contribution in [0.2, 0.25) is 0 Å². The van der Waals surface area contributed by atoms with E-state index in [1.54, 1.807) is 60.7 Å². The summed E-state index contributed by atoms with van der Waals surface area (Å²) < 4.78 is 0. The Labute approximate surface area is 152 Å². The van der Waals surface area contributed by atoms with Gasteiger partial charge in [-0.05, 0) is 48.4 Å². The van der Waals surface area contributed by atoms with E-state index in [1.165, 1.54) is 0 Å². The van der Waals surface area contributed by atoms with Gasteiger partial charge in [-0.2, -0.15) is 0 Å². The van der Waals surface area contributed by atoms with E-state index in [1.807, 2.05) is 19.1 Å². The maximum atomic E-state index is 12.3. The molecule has 2 amide bonds. The summed E-state index contributed by atoms with van der Waals surface area (Å²) >= 11 is 0. The molecule has 0 aliphatic rings. The van der Waals surface area contributed by atoms with E-state index in [4.69, 9.17) is 0 Å². The molecular weight excluding hydrogens is 326 g/mol. The van der Waals surface area contributed by atoms with Crippen molar-refractivity contribution in [1.29, 1.82) is 0 Å². The van der Waals surface area contributed by atoms with E-state index >= 15 is 0 Å². The number of hydrogen-bond acceptors (Lipinski definition) is 3. The van der Waals surface area contributed by atoms with E-state index in [2.05, 4.69) is 15.6 Å². The Morgan fingerprint density at radius 2 is 1.19 bits per heavy atom. The molecule has 0 radical (unpaired) electrons. The van der Waals surface area contributed by atoms with Gasteiger partial charge in [0.25, 0.3) is 11.8 Å². The van der Waals surface area contributed by atoms with Gasteiger partial charge in [0, 0.05) is 11.1 Å². The Morgan fingerprint density at radius 1 is 0.769 bits per heavy atom. The number of nitrogens with one attached hydrogen (secondary N) is 2. The fraction of sp³-hybridized carbons (Fsp3) is 0.0952. The van der Waals surface area contributed by atoms with Gasteiger partial charge < -0.3 is 10.6 Å². The van der Waals surface area contributed by atoms with Gasteiger partial charge in [-0.25, -0.2) is 4.98 Å². The first-order valence-corrected chi connectivity index (χ1v) is 8.39. The zero-order valence-corrected chi connectivity index (χ0v) is 14.4. The second-order valence-corrected chi connectivity index (χ2v) is 5.74. The molecule has 3 aromatic rings. The van der Waals surface area contributed by atoms with Crippen molar-refractivity contribution in [2.24, 2.45) is 0 Å². The van der Waals surface area contributed by atoms with E-state index < -0.39 is 0 Å². The molecule has 0 aliphatic heterocycles. The molecular formula is C21H19N3O2. The molecule has 26 heavy (non-hydrogen) atoms. The number of benzene rings is 2. The van der Waals surface area contributed by atoms with Gasteiger partial charge in [0.05, 0.1) is 0 Å². The number of anilines is 2. The minimum atomic E-state index is -0.244. The summed E-state index contributed by atoms with van der Waals surface area (Å²) in [5.41, 5.74) is 2.06. The fourth-order valence-corrected chi connectivity index (χ4v) is 2.48. The van der Waals surface area contributed by atoms with Crippen molar-refractivity contribution in [2.45, 2.75) is 13.3 Å². The number of carbonyl (C=O) groups is 2. The lowest BCUT2D eigenvalue weighted by Gasteiger charge is -2.10. The molecule has 5 nitrogen and oxygen atoms in total. The van der Waals surface area contributed by atoms with Gasteiger partial charge >= 0.3 is 0 Å². The zero-order chi connectivity index (χ0) is 18.4. The van der Waals surface area contributed by atoms with Crippen LogP contribution in [0, 0.1) is 0 Å². The monoisotopic (exact) mass is 345 g/mol. The molecule has 130 valence electrons. The largest absolute Gasteiger partial charge is 0.306 e. The van der Waals surface area contributed by atoms with Crippen LogP contribution in [-0.4, -0.2) is 16.8 Å². The number of aryl methyl sites for hydroxylation is 1. The van der Waals surface area contributed by atoms with Crippen molar-refractivity contribution in [3.63, 3.8) is 0 Å². The summed E-state index contributed by atoms with van der Waals surface area (Å²) in [5, 5.41) is 5.57. The maximum Gasteiger partial charge on any atom is 0.256 e. The molecule has 0 fully saturated rings. The Morgan fingerprint density at radius 3 is 1.58 bits per heavy atom. The maximum absolute atomic E-state index is 12.3. The van der Waals surface area contributed by atoms with E-state index in [0.29, 0.717) is 22.8 Å². The number of hydrogen-bond donors (Lipinski definition) is 2. The third-order valence-electron chi connectivity index (χ3n) is 3.85. The van der Waals surface area contributed by atoms with Gasteiger partial charge in [0.15, 0.2) is 0 Å². The summed E-state index contributed by atoms with van der Waals surface area (Å²) in [7, 11) is 0. The zero-order valence-electron chi connectivity index (χ0n) is 14.4. The second kappa shape index (κ2) is 8.07. The summed E-state index contributed by atoms with van der Waals surface area (Å²) in [6.07, 6.45) is 0.755.